The number of ether oxygens (including phenoxy) is 1. The van der Waals surface area contributed by atoms with Gasteiger partial charge in [0.1, 0.15) is 5.82 Å². The first-order valence-electron chi connectivity index (χ1n) is 9.28. The molecule has 1 amide bonds. The highest BCUT2D eigenvalue weighted by molar-refractivity contribution is 6.06. The Labute approximate surface area is 163 Å². The third kappa shape index (κ3) is 4.48. The first kappa shape index (κ1) is 19.8. The van der Waals surface area contributed by atoms with E-state index in [0.717, 1.165) is 11.1 Å². The molecule has 2 aromatic carbocycles. The number of nitrogens with one attached hydrogen (secondary N) is 1. The maximum absolute atomic E-state index is 14.1. The van der Waals surface area contributed by atoms with Crippen molar-refractivity contribution in [3.8, 4) is 0 Å². The summed E-state index contributed by atoms with van der Waals surface area (Å²) in [5.74, 6) is -0.859. The number of anilines is 2. The summed E-state index contributed by atoms with van der Waals surface area (Å²) in [7, 11) is 0. The molecule has 0 unspecified atom stereocenters. The maximum atomic E-state index is 14.1. The standard InChI is InChI=1S/C21H24FN3O3/c1-3-20(24-27)19-13-17(5-4-14(19)2)23-21(26)15-10-16(22)12-18(11-15)25-6-8-28-9-7-25/h4-5,10-13,27H,3,6-9H2,1-2H3,(H,23,26)/b24-20+. The van der Waals surface area contributed by atoms with Gasteiger partial charge < -0.3 is 20.2 Å². The molecule has 1 saturated heterocycles. The third-order valence-corrected chi connectivity index (χ3v) is 4.78. The van der Waals surface area contributed by atoms with E-state index >= 15 is 0 Å². The zero-order valence-corrected chi connectivity index (χ0v) is 16.0. The zero-order valence-electron chi connectivity index (χ0n) is 16.0. The molecule has 0 saturated carbocycles. The van der Waals surface area contributed by atoms with E-state index in [1.807, 2.05) is 24.8 Å². The van der Waals surface area contributed by atoms with Crippen LogP contribution in [0.1, 0.15) is 34.8 Å². The number of benzene rings is 2. The Kier molecular flexibility index (Phi) is 6.26. The number of carbonyl (C=O) groups excluding carboxylic acids is 1. The van der Waals surface area contributed by atoms with Gasteiger partial charge in [0.05, 0.1) is 18.9 Å². The number of nitrogens with zero attached hydrogens (tertiary/aromatic N) is 2. The van der Waals surface area contributed by atoms with Crippen molar-refractivity contribution in [2.75, 3.05) is 36.5 Å². The Hall–Kier alpha value is -2.93. The minimum absolute atomic E-state index is 0.246. The summed E-state index contributed by atoms with van der Waals surface area (Å²) in [6.07, 6.45) is 0.557. The zero-order chi connectivity index (χ0) is 20.1. The molecular formula is C21H24FN3O3. The molecule has 7 heteroatoms. The van der Waals surface area contributed by atoms with Gasteiger partial charge in [-0.05, 0) is 49.2 Å². The van der Waals surface area contributed by atoms with Crippen LogP contribution >= 0.6 is 0 Å². The van der Waals surface area contributed by atoms with Crippen molar-refractivity contribution in [1.82, 2.24) is 0 Å². The van der Waals surface area contributed by atoms with Crippen molar-refractivity contribution in [3.05, 3.63) is 58.9 Å². The minimum Gasteiger partial charge on any atom is -0.411 e. The van der Waals surface area contributed by atoms with E-state index in [1.165, 1.54) is 12.1 Å². The molecule has 0 bridgehead atoms. The van der Waals surface area contributed by atoms with Gasteiger partial charge in [0, 0.05) is 35.6 Å². The number of morpholine rings is 1. The first-order chi connectivity index (χ1) is 13.5. The van der Waals surface area contributed by atoms with Crippen molar-refractivity contribution in [2.24, 2.45) is 5.16 Å². The van der Waals surface area contributed by atoms with Crippen LogP contribution in [0.15, 0.2) is 41.6 Å². The second kappa shape index (κ2) is 8.84. The van der Waals surface area contributed by atoms with Crippen LogP contribution in [0.2, 0.25) is 0 Å². The molecule has 2 aromatic rings. The summed E-state index contributed by atoms with van der Waals surface area (Å²) in [6.45, 7) is 6.27. The molecule has 6 nitrogen and oxygen atoms in total. The van der Waals surface area contributed by atoms with Gasteiger partial charge >= 0.3 is 0 Å². The van der Waals surface area contributed by atoms with E-state index in [4.69, 9.17) is 4.74 Å². The summed E-state index contributed by atoms with van der Waals surface area (Å²) in [5.41, 5.74) is 3.70. The Morgan fingerprint density at radius 1 is 1.25 bits per heavy atom. The third-order valence-electron chi connectivity index (χ3n) is 4.78. The summed E-state index contributed by atoms with van der Waals surface area (Å²) >= 11 is 0. The minimum atomic E-state index is -0.459. The fraction of sp³-hybridized carbons (Fsp3) is 0.333. The van der Waals surface area contributed by atoms with Gasteiger partial charge in [-0.3, -0.25) is 4.79 Å². The number of carbonyl (C=O) groups is 1. The Bertz CT molecular complexity index is 892. The lowest BCUT2D eigenvalue weighted by atomic mass is 10.0. The maximum Gasteiger partial charge on any atom is 0.255 e. The molecule has 0 atom stereocenters. The topological polar surface area (TPSA) is 74.2 Å². The number of hydrogen-bond donors (Lipinski definition) is 2. The summed E-state index contributed by atoms with van der Waals surface area (Å²) < 4.78 is 19.4. The van der Waals surface area contributed by atoms with Crippen molar-refractivity contribution >= 4 is 23.0 Å². The second-order valence-electron chi connectivity index (χ2n) is 6.68. The van der Waals surface area contributed by atoms with Crippen LogP contribution in [-0.4, -0.2) is 43.1 Å². The van der Waals surface area contributed by atoms with Crippen molar-refractivity contribution < 1.29 is 19.1 Å². The van der Waals surface area contributed by atoms with Gasteiger partial charge in [-0.2, -0.15) is 0 Å². The lowest BCUT2D eigenvalue weighted by molar-refractivity contribution is 0.102. The van der Waals surface area contributed by atoms with E-state index in [-0.39, 0.29) is 5.56 Å². The molecule has 0 aromatic heterocycles. The number of oxime groups is 1. The lowest BCUT2D eigenvalue weighted by Crippen LogP contribution is -2.36. The van der Waals surface area contributed by atoms with E-state index in [1.54, 1.807) is 18.2 Å². The summed E-state index contributed by atoms with van der Waals surface area (Å²) in [5, 5.41) is 15.3. The van der Waals surface area contributed by atoms with Gasteiger partial charge in [0.25, 0.3) is 5.91 Å². The predicted octanol–water partition coefficient (Wildman–Crippen LogP) is 3.81. The quantitative estimate of drug-likeness (QED) is 0.466. The Morgan fingerprint density at radius 2 is 2.00 bits per heavy atom. The lowest BCUT2D eigenvalue weighted by Gasteiger charge is -2.29. The largest absolute Gasteiger partial charge is 0.411 e. The van der Waals surface area contributed by atoms with Crippen LogP contribution in [0.3, 0.4) is 0 Å². The van der Waals surface area contributed by atoms with Gasteiger partial charge in [-0.25, -0.2) is 4.39 Å². The second-order valence-corrected chi connectivity index (χ2v) is 6.68. The molecule has 1 heterocycles. The number of aryl methyl sites for hydroxylation is 1. The van der Waals surface area contributed by atoms with E-state index in [2.05, 4.69) is 10.5 Å². The Morgan fingerprint density at radius 3 is 2.68 bits per heavy atom. The van der Waals surface area contributed by atoms with Crippen LogP contribution in [0, 0.1) is 12.7 Å². The van der Waals surface area contributed by atoms with Crippen molar-refractivity contribution in [3.63, 3.8) is 0 Å². The van der Waals surface area contributed by atoms with Gasteiger partial charge in [0.2, 0.25) is 0 Å². The van der Waals surface area contributed by atoms with Crippen LogP contribution in [0.4, 0.5) is 15.8 Å². The highest BCUT2D eigenvalue weighted by atomic mass is 19.1. The fourth-order valence-corrected chi connectivity index (χ4v) is 3.24. The normalized spacial score (nSPS) is 14.8. The van der Waals surface area contributed by atoms with E-state index in [0.29, 0.717) is 49.8 Å². The summed E-state index contributed by atoms with van der Waals surface area (Å²) in [6, 6.07) is 9.71. The van der Waals surface area contributed by atoms with Gasteiger partial charge in [-0.15, -0.1) is 0 Å². The molecule has 1 fully saturated rings. The number of hydrogen-bond acceptors (Lipinski definition) is 5. The molecule has 0 spiro atoms. The van der Waals surface area contributed by atoms with Crippen molar-refractivity contribution in [2.45, 2.75) is 20.3 Å². The van der Waals surface area contributed by atoms with Gasteiger partial charge in [-0.1, -0.05) is 18.1 Å². The Balaban J connectivity index is 1.83. The predicted molar refractivity (Wildman–Crippen MR) is 107 cm³/mol. The number of halogens is 1. The average molecular weight is 385 g/mol. The highest BCUT2D eigenvalue weighted by Crippen LogP contribution is 2.22. The van der Waals surface area contributed by atoms with Crippen LogP contribution < -0.4 is 10.2 Å². The first-order valence-corrected chi connectivity index (χ1v) is 9.28. The van der Waals surface area contributed by atoms with Crippen molar-refractivity contribution in [1.29, 1.82) is 0 Å². The molecule has 2 N–H and O–H groups in total. The average Bonchev–Trinajstić information content (AvgIpc) is 2.71. The van der Waals surface area contributed by atoms with Crippen LogP contribution in [0.5, 0.6) is 0 Å². The molecule has 0 aliphatic carbocycles. The highest BCUT2D eigenvalue weighted by Gasteiger charge is 2.16. The van der Waals surface area contributed by atoms with Crippen LogP contribution in [0.25, 0.3) is 0 Å². The molecule has 28 heavy (non-hydrogen) atoms. The van der Waals surface area contributed by atoms with Crippen LogP contribution in [-0.2, 0) is 4.74 Å². The molecular weight excluding hydrogens is 361 g/mol. The van der Waals surface area contributed by atoms with E-state index < -0.39 is 11.7 Å². The molecule has 3 rings (SSSR count). The molecule has 0 radical (unpaired) electrons. The van der Waals surface area contributed by atoms with E-state index in [9.17, 15) is 14.4 Å². The molecule has 148 valence electrons. The molecule has 1 aliphatic heterocycles. The number of rotatable bonds is 5. The summed E-state index contributed by atoms with van der Waals surface area (Å²) in [4.78, 5) is 14.7. The number of amides is 1. The molecule has 1 aliphatic rings. The fourth-order valence-electron chi connectivity index (χ4n) is 3.24. The smallest absolute Gasteiger partial charge is 0.255 e. The van der Waals surface area contributed by atoms with Gasteiger partial charge in [0.15, 0.2) is 0 Å². The SMILES string of the molecule is CC/C(=N\O)c1cc(NC(=O)c2cc(F)cc(N3CCOCC3)c2)ccc1C. The monoisotopic (exact) mass is 385 g/mol.